The Labute approximate surface area is 71.5 Å². The van der Waals surface area contributed by atoms with Gasteiger partial charge in [-0.3, -0.25) is 4.98 Å². The van der Waals surface area contributed by atoms with Gasteiger partial charge < -0.3 is 5.73 Å². The van der Waals surface area contributed by atoms with E-state index in [1.54, 1.807) is 11.3 Å². The van der Waals surface area contributed by atoms with Crippen molar-refractivity contribution in [2.24, 2.45) is 11.7 Å². The Morgan fingerprint density at radius 3 is 2.91 bits per heavy atom. The summed E-state index contributed by atoms with van der Waals surface area (Å²) in [6.07, 6.45) is 2.99. The molecule has 0 aliphatic carbocycles. The van der Waals surface area contributed by atoms with Gasteiger partial charge in [0.2, 0.25) is 0 Å². The molecule has 2 nitrogen and oxygen atoms in total. The van der Waals surface area contributed by atoms with Gasteiger partial charge in [0.25, 0.3) is 0 Å². The number of nitrogens with two attached hydrogens (primary N) is 1. The molecule has 0 spiro atoms. The Morgan fingerprint density at radius 1 is 1.73 bits per heavy atom. The summed E-state index contributed by atoms with van der Waals surface area (Å²) in [7, 11) is 0. The SMILES string of the molecule is CCC(C)C(N)c1cncs1. The smallest absolute Gasteiger partial charge is 0.0794 e. The third-order valence-electron chi connectivity index (χ3n) is 2.04. The van der Waals surface area contributed by atoms with Crippen molar-refractivity contribution in [3.63, 3.8) is 0 Å². The van der Waals surface area contributed by atoms with Crippen LogP contribution in [0.3, 0.4) is 0 Å². The topological polar surface area (TPSA) is 38.9 Å². The molecule has 0 amide bonds. The minimum atomic E-state index is 0.174. The fraction of sp³-hybridized carbons (Fsp3) is 0.625. The van der Waals surface area contributed by atoms with Crippen molar-refractivity contribution in [2.75, 3.05) is 0 Å². The van der Waals surface area contributed by atoms with Crippen molar-refractivity contribution in [3.05, 3.63) is 16.6 Å². The zero-order valence-corrected chi connectivity index (χ0v) is 7.77. The number of hydrogen-bond donors (Lipinski definition) is 1. The van der Waals surface area contributed by atoms with Gasteiger partial charge in [-0.1, -0.05) is 20.3 Å². The van der Waals surface area contributed by atoms with Gasteiger partial charge in [-0.05, 0) is 5.92 Å². The highest BCUT2D eigenvalue weighted by atomic mass is 32.1. The lowest BCUT2D eigenvalue weighted by Crippen LogP contribution is -2.17. The predicted octanol–water partition coefficient (Wildman–Crippen LogP) is 2.19. The molecule has 2 unspecified atom stereocenters. The van der Waals surface area contributed by atoms with Crippen LogP contribution in [0.1, 0.15) is 31.2 Å². The Kier molecular flexibility index (Phi) is 3.02. The lowest BCUT2D eigenvalue weighted by molar-refractivity contribution is 0.462. The summed E-state index contributed by atoms with van der Waals surface area (Å²) >= 11 is 1.64. The van der Waals surface area contributed by atoms with Crippen LogP contribution >= 0.6 is 11.3 Å². The number of aromatic nitrogens is 1. The first-order chi connectivity index (χ1) is 5.25. The van der Waals surface area contributed by atoms with Crippen LogP contribution in [0.25, 0.3) is 0 Å². The second-order valence-corrected chi connectivity index (χ2v) is 3.73. The summed E-state index contributed by atoms with van der Waals surface area (Å²) in [5.74, 6) is 0.551. The molecule has 1 aromatic rings. The molecular weight excluding hydrogens is 156 g/mol. The van der Waals surface area contributed by atoms with Crippen LogP contribution in [0, 0.1) is 5.92 Å². The van der Waals surface area contributed by atoms with E-state index < -0.39 is 0 Å². The summed E-state index contributed by atoms with van der Waals surface area (Å²) in [6.45, 7) is 4.33. The van der Waals surface area contributed by atoms with E-state index >= 15 is 0 Å². The predicted molar refractivity (Wildman–Crippen MR) is 48.5 cm³/mol. The van der Waals surface area contributed by atoms with E-state index in [9.17, 15) is 0 Å². The third kappa shape index (κ3) is 2.01. The van der Waals surface area contributed by atoms with E-state index in [0.29, 0.717) is 5.92 Å². The first-order valence-electron chi connectivity index (χ1n) is 3.89. The highest BCUT2D eigenvalue weighted by molar-refractivity contribution is 7.09. The van der Waals surface area contributed by atoms with Gasteiger partial charge in [0.05, 0.1) is 5.51 Å². The van der Waals surface area contributed by atoms with Crippen LogP contribution in [0.4, 0.5) is 0 Å². The van der Waals surface area contributed by atoms with Crippen LogP contribution in [0.5, 0.6) is 0 Å². The number of nitrogens with zero attached hydrogens (tertiary/aromatic N) is 1. The first kappa shape index (κ1) is 8.68. The zero-order valence-electron chi connectivity index (χ0n) is 6.95. The molecule has 0 saturated heterocycles. The van der Waals surface area contributed by atoms with E-state index in [-0.39, 0.29) is 6.04 Å². The number of thiazole rings is 1. The molecule has 0 aliphatic rings. The maximum absolute atomic E-state index is 5.96. The molecule has 0 saturated carbocycles. The van der Waals surface area contributed by atoms with Crippen molar-refractivity contribution in [1.29, 1.82) is 0 Å². The Balaban J connectivity index is 2.62. The molecule has 0 radical (unpaired) electrons. The molecule has 0 bridgehead atoms. The van der Waals surface area contributed by atoms with E-state index in [4.69, 9.17) is 5.73 Å². The third-order valence-corrected chi connectivity index (χ3v) is 2.91. The van der Waals surface area contributed by atoms with E-state index in [2.05, 4.69) is 18.8 Å². The second kappa shape index (κ2) is 3.83. The fourth-order valence-corrected chi connectivity index (χ4v) is 1.68. The largest absolute Gasteiger partial charge is 0.323 e. The molecular formula is C8H14N2S. The molecule has 0 aliphatic heterocycles. The lowest BCUT2D eigenvalue weighted by atomic mass is 9.99. The number of hydrogen-bond acceptors (Lipinski definition) is 3. The van der Waals surface area contributed by atoms with Gasteiger partial charge in [-0.25, -0.2) is 0 Å². The molecule has 1 rings (SSSR count). The van der Waals surface area contributed by atoms with E-state index in [1.807, 2.05) is 11.7 Å². The van der Waals surface area contributed by atoms with Crippen LogP contribution in [0.15, 0.2) is 11.7 Å². The standard InChI is InChI=1S/C8H14N2S/c1-3-6(2)8(9)7-4-10-5-11-7/h4-6,8H,3,9H2,1-2H3. The molecule has 62 valence electrons. The second-order valence-electron chi connectivity index (χ2n) is 2.82. The molecule has 0 aromatic carbocycles. The van der Waals surface area contributed by atoms with Crippen molar-refractivity contribution < 1.29 is 0 Å². The van der Waals surface area contributed by atoms with Crippen molar-refractivity contribution >= 4 is 11.3 Å². The Bertz CT molecular complexity index is 196. The van der Waals surface area contributed by atoms with Gasteiger partial charge in [-0.2, -0.15) is 0 Å². The van der Waals surface area contributed by atoms with Gasteiger partial charge in [-0.15, -0.1) is 11.3 Å². The van der Waals surface area contributed by atoms with Crippen LogP contribution in [-0.4, -0.2) is 4.98 Å². The number of rotatable bonds is 3. The van der Waals surface area contributed by atoms with Gasteiger partial charge >= 0.3 is 0 Å². The van der Waals surface area contributed by atoms with Gasteiger partial charge in [0.1, 0.15) is 0 Å². The molecule has 3 heteroatoms. The molecule has 11 heavy (non-hydrogen) atoms. The Morgan fingerprint density at radius 2 is 2.45 bits per heavy atom. The molecule has 2 N–H and O–H groups in total. The maximum atomic E-state index is 5.96. The van der Waals surface area contributed by atoms with Crippen molar-refractivity contribution in [3.8, 4) is 0 Å². The normalized spacial score (nSPS) is 16.3. The summed E-state index contributed by atoms with van der Waals surface area (Å²) in [5.41, 5.74) is 7.79. The molecule has 1 aromatic heterocycles. The van der Waals surface area contributed by atoms with Crippen LogP contribution in [0.2, 0.25) is 0 Å². The Hall–Kier alpha value is -0.410. The van der Waals surface area contributed by atoms with E-state index in [0.717, 1.165) is 6.42 Å². The summed E-state index contributed by atoms with van der Waals surface area (Å²) in [6, 6.07) is 0.174. The van der Waals surface area contributed by atoms with Gasteiger partial charge in [0, 0.05) is 17.1 Å². The summed E-state index contributed by atoms with van der Waals surface area (Å²) in [5, 5.41) is 0. The van der Waals surface area contributed by atoms with Gasteiger partial charge in [0.15, 0.2) is 0 Å². The van der Waals surface area contributed by atoms with Crippen molar-refractivity contribution in [2.45, 2.75) is 26.3 Å². The highest BCUT2D eigenvalue weighted by Crippen LogP contribution is 2.23. The van der Waals surface area contributed by atoms with Crippen LogP contribution in [-0.2, 0) is 0 Å². The average molecular weight is 170 g/mol. The fourth-order valence-electron chi connectivity index (χ4n) is 0.925. The van der Waals surface area contributed by atoms with Crippen molar-refractivity contribution in [1.82, 2.24) is 4.98 Å². The van der Waals surface area contributed by atoms with E-state index in [1.165, 1.54) is 4.88 Å². The first-order valence-corrected chi connectivity index (χ1v) is 4.77. The maximum Gasteiger partial charge on any atom is 0.0794 e. The summed E-state index contributed by atoms with van der Waals surface area (Å²) < 4.78 is 0. The molecule has 2 atom stereocenters. The lowest BCUT2D eigenvalue weighted by Gasteiger charge is -2.15. The average Bonchev–Trinajstić information content (AvgIpc) is 2.53. The quantitative estimate of drug-likeness (QED) is 0.755. The highest BCUT2D eigenvalue weighted by Gasteiger charge is 2.13. The minimum Gasteiger partial charge on any atom is -0.323 e. The summed E-state index contributed by atoms with van der Waals surface area (Å²) in [4.78, 5) is 5.19. The zero-order chi connectivity index (χ0) is 8.27. The molecule has 1 heterocycles. The minimum absolute atomic E-state index is 0.174. The molecule has 0 fully saturated rings. The monoisotopic (exact) mass is 170 g/mol. The van der Waals surface area contributed by atoms with Crippen LogP contribution < -0.4 is 5.73 Å².